The van der Waals surface area contributed by atoms with Crippen molar-refractivity contribution in [1.82, 2.24) is 31.4 Å². The molecular weight excluding hydrogens is 658 g/mol. The van der Waals surface area contributed by atoms with Gasteiger partial charge in [-0.1, -0.05) is 12.1 Å². The first-order valence-electron chi connectivity index (χ1n) is 17.6. The van der Waals surface area contributed by atoms with Crippen LogP contribution in [0, 0.1) is 0 Å². The van der Waals surface area contributed by atoms with Crippen molar-refractivity contribution in [2.24, 2.45) is 0 Å². The summed E-state index contributed by atoms with van der Waals surface area (Å²) in [7, 11) is 1.62. The van der Waals surface area contributed by atoms with Gasteiger partial charge in [-0.3, -0.25) is 24.7 Å². The molecule has 4 rings (SSSR count). The molecule has 0 fully saturated rings. The molecule has 282 valence electrons. The van der Waals surface area contributed by atoms with Gasteiger partial charge < -0.3 is 35.3 Å². The van der Waals surface area contributed by atoms with Crippen molar-refractivity contribution in [2.45, 2.75) is 84.2 Å². The van der Waals surface area contributed by atoms with Gasteiger partial charge in [-0.15, -0.1) is 0 Å². The number of nitrogens with one attached hydrogen (secondary N) is 5. The predicted octanol–water partition coefficient (Wildman–Crippen LogP) is 2.56. The largest absolute Gasteiger partial charge is 0.493 e. The number of benzene rings is 2. The number of fused-ring (bicyclic) bond motifs is 2. The Kier molecular flexibility index (Phi) is 14.8. The van der Waals surface area contributed by atoms with E-state index in [4.69, 9.17) is 24.6 Å². The number of nitrogens with zero attached hydrogens (tertiary/aromatic N) is 2. The van der Waals surface area contributed by atoms with Gasteiger partial charge >= 0.3 is 6.09 Å². The third kappa shape index (κ3) is 12.3. The van der Waals surface area contributed by atoms with E-state index in [0.717, 1.165) is 49.0 Å². The monoisotopic (exact) mass is 713 g/mol. The van der Waals surface area contributed by atoms with Gasteiger partial charge in [-0.2, -0.15) is 11.0 Å². The first-order valence-corrected chi connectivity index (χ1v) is 17.6. The zero-order valence-electron chi connectivity index (χ0n) is 30.5. The summed E-state index contributed by atoms with van der Waals surface area (Å²) in [4.78, 5) is 41.4. The summed E-state index contributed by atoms with van der Waals surface area (Å²) in [6.07, 6.45) is 2.56. The van der Waals surface area contributed by atoms with Crippen LogP contribution in [0.15, 0.2) is 30.3 Å². The molecule has 2 aliphatic rings. The second-order valence-corrected chi connectivity index (χ2v) is 14.0. The smallest absolute Gasteiger partial charge is 0.412 e. The number of amides is 3. The van der Waals surface area contributed by atoms with Crippen LogP contribution in [0.5, 0.6) is 11.5 Å². The molecule has 15 nitrogen and oxygen atoms in total. The average molecular weight is 714 g/mol. The first-order chi connectivity index (χ1) is 24.4. The summed E-state index contributed by atoms with van der Waals surface area (Å²) in [5.41, 5.74) is 8.14. The fraction of sp³-hybridized carbons (Fsp3) is 0.583. The van der Waals surface area contributed by atoms with Gasteiger partial charge in [-0.25, -0.2) is 4.79 Å². The summed E-state index contributed by atoms with van der Waals surface area (Å²) >= 11 is 0. The maximum absolute atomic E-state index is 13.2. The summed E-state index contributed by atoms with van der Waals surface area (Å²) < 4.78 is 17.8. The maximum atomic E-state index is 13.2. The Bertz CT molecular complexity index is 1490. The highest BCUT2D eigenvalue weighted by atomic mass is 16.6. The number of aryl methyl sites for hydroxylation is 1. The second-order valence-electron chi connectivity index (χ2n) is 14.0. The minimum atomic E-state index is -0.829. The van der Waals surface area contributed by atoms with E-state index in [1.54, 1.807) is 7.11 Å². The molecule has 7 N–H and O–H groups in total. The molecule has 15 heteroatoms. The van der Waals surface area contributed by atoms with Gasteiger partial charge in [0.2, 0.25) is 11.8 Å². The molecule has 2 aromatic carbocycles. The van der Waals surface area contributed by atoms with Crippen molar-refractivity contribution in [2.75, 3.05) is 58.3 Å². The summed E-state index contributed by atoms with van der Waals surface area (Å²) in [5.74, 6) is 0.721. The molecular formula is C36H55N7O8. The van der Waals surface area contributed by atoms with Gasteiger partial charge in [0, 0.05) is 56.9 Å². The van der Waals surface area contributed by atoms with E-state index in [0.29, 0.717) is 56.4 Å². The fourth-order valence-electron chi connectivity index (χ4n) is 6.68. The van der Waals surface area contributed by atoms with Crippen LogP contribution in [-0.2, 0) is 40.3 Å². The Balaban J connectivity index is 1.31. The Hall–Kier alpha value is -3.99. The van der Waals surface area contributed by atoms with E-state index in [1.807, 2.05) is 62.9 Å². The number of anilines is 1. The predicted molar refractivity (Wildman–Crippen MR) is 191 cm³/mol. The number of carbonyl (C=O) groups excluding carboxylic acids is 3. The van der Waals surface area contributed by atoms with Gasteiger partial charge in [0.05, 0.1) is 26.8 Å². The highest BCUT2D eigenvalue weighted by Gasteiger charge is 2.27. The first kappa shape index (κ1) is 39.8. The molecule has 0 saturated heterocycles. The summed E-state index contributed by atoms with van der Waals surface area (Å²) in [5, 5.41) is 26.3. The van der Waals surface area contributed by atoms with Crippen molar-refractivity contribution < 1.29 is 39.0 Å². The number of ether oxygens (including phenoxy) is 3. The third-order valence-corrected chi connectivity index (χ3v) is 9.08. The highest BCUT2D eigenvalue weighted by molar-refractivity contribution is 5.86. The summed E-state index contributed by atoms with van der Waals surface area (Å²) in [6, 6.07) is 9.71. The Labute approximate surface area is 300 Å². The molecule has 2 aromatic rings. The third-order valence-electron chi connectivity index (χ3n) is 9.08. The van der Waals surface area contributed by atoms with Crippen molar-refractivity contribution in [3.8, 4) is 11.5 Å². The molecule has 3 amide bonds. The van der Waals surface area contributed by atoms with Gasteiger partial charge in [0.15, 0.2) is 11.5 Å². The summed E-state index contributed by atoms with van der Waals surface area (Å²) in [6.45, 7) is 11.8. The van der Waals surface area contributed by atoms with Gasteiger partial charge in [0.1, 0.15) is 5.60 Å². The van der Waals surface area contributed by atoms with Crippen LogP contribution < -0.4 is 36.4 Å². The molecule has 51 heavy (non-hydrogen) atoms. The molecule has 0 bridgehead atoms. The van der Waals surface area contributed by atoms with Gasteiger partial charge in [-0.05, 0) is 94.0 Å². The molecule has 2 heterocycles. The Morgan fingerprint density at radius 2 is 1.51 bits per heavy atom. The molecule has 2 atom stereocenters. The van der Waals surface area contributed by atoms with Crippen LogP contribution in [0.3, 0.4) is 0 Å². The van der Waals surface area contributed by atoms with Crippen LogP contribution in [0.1, 0.15) is 62.8 Å². The number of hydrogen-bond donors (Lipinski definition) is 7. The SMILES string of the molecule is COc1cc2c(cc1OCCC(C)(C)OC(=O)Nc1cccc3c1CN(C[C@H](C)NC(=O)CNO)CC3)CN(C[C@H](C)NC(=O)CNO)CCC2. The fourth-order valence-corrected chi connectivity index (χ4v) is 6.68. The maximum Gasteiger partial charge on any atom is 0.412 e. The van der Waals surface area contributed by atoms with E-state index in [1.165, 1.54) is 5.56 Å². The normalized spacial score (nSPS) is 16.1. The molecule has 0 aliphatic carbocycles. The molecule has 0 aromatic heterocycles. The zero-order chi connectivity index (χ0) is 37.0. The van der Waals surface area contributed by atoms with Crippen LogP contribution in [-0.4, -0.2) is 109 Å². The standard InChI is InChI=1S/C36H55N7O8/c1-24(39-33(44)18-37-47)20-42-13-7-9-27-16-31(49-5)32(17-28(27)22-42)50-15-12-36(3,4)51-35(46)41-30-10-6-8-26-11-14-43(23-29(26)30)21-25(2)40-34(45)19-38-48/h6,8,10,16-17,24-25,37-38,47-48H,7,9,11-15,18-23H2,1-5H3,(H,39,44)(H,40,45)(H,41,46)/t24-,25-/m0/s1. The molecule has 2 aliphatic heterocycles. The number of hydroxylamine groups is 2. The number of rotatable bonds is 17. The van der Waals surface area contributed by atoms with Crippen molar-refractivity contribution >= 4 is 23.6 Å². The number of hydrogen-bond acceptors (Lipinski definition) is 12. The van der Waals surface area contributed by atoms with Crippen molar-refractivity contribution in [1.29, 1.82) is 0 Å². The van der Waals surface area contributed by atoms with Crippen LogP contribution in [0.25, 0.3) is 0 Å². The molecule has 0 spiro atoms. The van der Waals surface area contributed by atoms with E-state index < -0.39 is 11.7 Å². The van der Waals surface area contributed by atoms with E-state index >= 15 is 0 Å². The second kappa shape index (κ2) is 19.0. The lowest BCUT2D eigenvalue weighted by Crippen LogP contribution is -2.45. The van der Waals surface area contributed by atoms with Crippen LogP contribution in [0.4, 0.5) is 10.5 Å². The van der Waals surface area contributed by atoms with E-state index in [-0.39, 0.29) is 37.0 Å². The highest BCUT2D eigenvalue weighted by Crippen LogP contribution is 2.34. The lowest BCUT2D eigenvalue weighted by molar-refractivity contribution is -0.123. The van der Waals surface area contributed by atoms with Crippen molar-refractivity contribution in [3.63, 3.8) is 0 Å². The Morgan fingerprint density at radius 1 is 0.863 bits per heavy atom. The Morgan fingerprint density at radius 3 is 2.16 bits per heavy atom. The topological polar surface area (TPSA) is 186 Å². The van der Waals surface area contributed by atoms with E-state index in [9.17, 15) is 14.4 Å². The lowest BCUT2D eigenvalue weighted by atomic mass is 9.97. The van der Waals surface area contributed by atoms with Crippen molar-refractivity contribution in [3.05, 3.63) is 52.6 Å². The van der Waals surface area contributed by atoms with E-state index in [2.05, 4.69) is 31.8 Å². The zero-order valence-corrected chi connectivity index (χ0v) is 30.5. The number of carbonyl (C=O) groups is 3. The molecule has 0 saturated carbocycles. The molecule has 0 radical (unpaired) electrons. The van der Waals surface area contributed by atoms with Crippen LogP contribution in [0.2, 0.25) is 0 Å². The average Bonchev–Trinajstić information content (AvgIpc) is 3.25. The quantitative estimate of drug-likeness (QED) is 0.119. The minimum absolute atomic E-state index is 0.0893. The van der Waals surface area contributed by atoms with Gasteiger partial charge in [0.25, 0.3) is 0 Å². The minimum Gasteiger partial charge on any atom is -0.493 e. The number of methoxy groups -OCH3 is 1. The molecule has 0 unspecified atom stereocenters. The lowest BCUT2D eigenvalue weighted by Gasteiger charge is -2.32. The van der Waals surface area contributed by atoms with Crippen LogP contribution >= 0.6 is 0 Å².